The van der Waals surface area contributed by atoms with Crippen molar-refractivity contribution >= 4 is 17.9 Å². The highest BCUT2D eigenvalue weighted by Gasteiger charge is 2.15. The van der Waals surface area contributed by atoms with E-state index in [1.807, 2.05) is 43.3 Å². The average Bonchev–Trinajstić information content (AvgIpc) is 3.63. The van der Waals surface area contributed by atoms with Crippen LogP contribution in [-0.4, -0.2) is 21.1 Å². The van der Waals surface area contributed by atoms with Gasteiger partial charge in [0.05, 0.1) is 23.4 Å². The van der Waals surface area contributed by atoms with Crippen LogP contribution in [0.15, 0.2) is 82.0 Å². The van der Waals surface area contributed by atoms with Gasteiger partial charge in [-0.2, -0.15) is 0 Å². The molecule has 0 atom stereocenters. The summed E-state index contributed by atoms with van der Waals surface area (Å²) >= 11 is 6.44. The molecule has 0 spiro atoms. The number of halogens is 1. The number of furan rings is 1. The van der Waals surface area contributed by atoms with Crippen molar-refractivity contribution in [3.63, 3.8) is 0 Å². The number of ether oxygens (including phenoxy) is 2. The number of nitrogens with zero attached hydrogens (tertiary/aromatic N) is 3. The molecule has 8 nitrogen and oxygen atoms in total. The predicted molar refractivity (Wildman–Crippen MR) is 132 cm³/mol. The van der Waals surface area contributed by atoms with Gasteiger partial charge in [-0.3, -0.25) is 9.48 Å². The summed E-state index contributed by atoms with van der Waals surface area (Å²) in [6, 6.07) is 18.8. The van der Waals surface area contributed by atoms with Gasteiger partial charge in [0.25, 0.3) is 5.89 Å². The van der Waals surface area contributed by atoms with Crippen LogP contribution in [0.25, 0.3) is 11.7 Å². The molecular formula is C27H22ClN3O5. The van der Waals surface area contributed by atoms with Crippen molar-refractivity contribution in [3.8, 4) is 23.3 Å². The summed E-state index contributed by atoms with van der Waals surface area (Å²) in [7, 11) is 0. The maximum absolute atomic E-state index is 11.5. The molecular weight excluding hydrogens is 482 g/mol. The van der Waals surface area contributed by atoms with Gasteiger partial charge in [-0.15, -0.1) is 5.10 Å². The molecule has 9 heteroatoms. The molecule has 0 aliphatic rings. The van der Waals surface area contributed by atoms with E-state index in [9.17, 15) is 4.79 Å². The van der Waals surface area contributed by atoms with E-state index in [1.165, 1.54) is 0 Å². The van der Waals surface area contributed by atoms with Crippen LogP contribution in [0.1, 0.15) is 32.9 Å². The third-order valence-corrected chi connectivity index (χ3v) is 5.72. The summed E-state index contributed by atoms with van der Waals surface area (Å²) in [5.41, 5.74) is 2.91. The second kappa shape index (κ2) is 10.5. The largest absolute Gasteiger partial charge is 0.486 e. The van der Waals surface area contributed by atoms with Crippen LogP contribution in [0.3, 0.4) is 0 Å². The fraction of sp³-hybridized carbons (Fsp3) is 0.148. The zero-order valence-corrected chi connectivity index (χ0v) is 20.1. The Kier molecular flexibility index (Phi) is 6.86. The number of aromatic nitrogens is 3. The lowest BCUT2D eigenvalue weighted by molar-refractivity contribution is 0.111. The molecule has 0 aliphatic carbocycles. The molecule has 0 radical (unpaired) electrons. The number of oxazole rings is 1. The summed E-state index contributed by atoms with van der Waals surface area (Å²) in [5, 5.41) is 4.83. The molecule has 0 unspecified atom stereocenters. The van der Waals surface area contributed by atoms with Crippen molar-refractivity contribution in [2.24, 2.45) is 0 Å². The molecule has 0 amide bonds. The first-order valence-corrected chi connectivity index (χ1v) is 11.6. The van der Waals surface area contributed by atoms with Crippen LogP contribution < -0.4 is 9.47 Å². The van der Waals surface area contributed by atoms with Crippen molar-refractivity contribution in [3.05, 3.63) is 106 Å². The van der Waals surface area contributed by atoms with E-state index in [-0.39, 0.29) is 19.1 Å². The van der Waals surface area contributed by atoms with Crippen molar-refractivity contribution in [2.75, 3.05) is 0 Å². The number of carbonyl (C=O) groups excluding carboxylic acids is 1. The first-order valence-electron chi connectivity index (χ1n) is 11.2. The molecule has 2 aromatic carbocycles. The zero-order chi connectivity index (χ0) is 24.9. The molecule has 36 heavy (non-hydrogen) atoms. The van der Waals surface area contributed by atoms with Gasteiger partial charge >= 0.3 is 0 Å². The highest BCUT2D eigenvalue weighted by atomic mass is 35.5. The second-order valence-electron chi connectivity index (χ2n) is 8.03. The number of carbonyl (C=O) groups is 1. The first-order chi connectivity index (χ1) is 17.6. The molecule has 0 saturated carbocycles. The molecule has 3 aromatic heterocycles. The normalized spacial score (nSPS) is 10.9. The van der Waals surface area contributed by atoms with Gasteiger partial charge in [0.15, 0.2) is 12.0 Å². The second-order valence-corrected chi connectivity index (χ2v) is 8.44. The molecule has 0 saturated heterocycles. The number of hydrogen-bond donors (Lipinski definition) is 0. The smallest absolute Gasteiger partial charge is 0.263 e. The van der Waals surface area contributed by atoms with E-state index in [0.29, 0.717) is 46.0 Å². The van der Waals surface area contributed by atoms with E-state index in [4.69, 9.17) is 29.9 Å². The Bertz CT molecular complexity index is 1460. The summed E-state index contributed by atoms with van der Waals surface area (Å²) in [6.45, 7) is 2.73. The van der Waals surface area contributed by atoms with Crippen LogP contribution in [0.2, 0.25) is 5.02 Å². The summed E-state index contributed by atoms with van der Waals surface area (Å²) in [4.78, 5) is 15.9. The minimum absolute atomic E-state index is 0.188. The molecule has 5 aromatic rings. The van der Waals surface area contributed by atoms with Crippen molar-refractivity contribution in [1.29, 1.82) is 0 Å². The highest BCUT2D eigenvalue weighted by molar-refractivity contribution is 6.32. The average molecular weight is 504 g/mol. The highest BCUT2D eigenvalue weighted by Crippen LogP contribution is 2.28. The van der Waals surface area contributed by atoms with Gasteiger partial charge < -0.3 is 18.3 Å². The van der Waals surface area contributed by atoms with E-state index < -0.39 is 0 Å². The monoisotopic (exact) mass is 503 g/mol. The molecule has 182 valence electrons. The third kappa shape index (κ3) is 5.34. The third-order valence-electron chi connectivity index (χ3n) is 5.43. The minimum atomic E-state index is 0.188. The molecule has 0 N–H and O–H groups in total. The van der Waals surface area contributed by atoms with Gasteiger partial charge in [0.1, 0.15) is 30.4 Å². The van der Waals surface area contributed by atoms with Crippen LogP contribution in [0.5, 0.6) is 11.6 Å². The number of hydrogen-bond acceptors (Lipinski definition) is 7. The van der Waals surface area contributed by atoms with Crippen molar-refractivity contribution < 1.29 is 23.1 Å². The molecule has 0 aliphatic heterocycles. The van der Waals surface area contributed by atoms with Gasteiger partial charge in [-0.05, 0) is 42.3 Å². The fourth-order valence-corrected chi connectivity index (χ4v) is 3.84. The maximum atomic E-state index is 11.5. The number of rotatable bonds is 10. The Morgan fingerprint density at radius 2 is 1.89 bits per heavy atom. The molecule has 0 bridgehead atoms. The van der Waals surface area contributed by atoms with E-state index in [1.54, 1.807) is 41.4 Å². The van der Waals surface area contributed by atoms with Crippen LogP contribution >= 0.6 is 11.6 Å². The molecule has 0 fully saturated rings. The maximum Gasteiger partial charge on any atom is 0.263 e. The standard InChI is InChI=1S/C27H22ClN3O5/c1-18-23(29-27(36-18)25-8-5-11-33-25)17-34-24-10-9-20(12-22(24)28)16-35-26-21(15-32)14-31(30-26)13-19-6-3-2-4-7-19/h2-12,14-15H,13,16-17H2,1H3. The van der Waals surface area contributed by atoms with E-state index in [2.05, 4.69) is 10.1 Å². The van der Waals surface area contributed by atoms with Crippen molar-refractivity contribution in [1.82, 2.24) is 14.8 Å². The summed E-state index contributed by atoms with van der Waals surface area (Å²) in [5.74, 6) is 2.36. The minimum Gasteiger partial charge on any atom is -0.486 e. The van der Waals surface area contributed by atoms with Gasteiger partial charge in [0.2, 0.25) is 5.88 Å². The number of benzene rings is 2. The molecule has 5 rings (SSSR count). The quantitative estimate of drug-likeness (QED) is 0.212. The van der Waals surface area contributed by atoms with E-state index in [0.717, 1.165) is 17.4 Å². The lowest BCUT2D eigenvalue weighted by Crippen LogP contribution is -2.02. The van der Waals surface area contributed by atoms with Gasteiger partial charge in [-0.1, -0.05) is 48.0 Å². The predicted octanol–water partition coefficient (Wildman–Crippen LogP) is 6.11. The van der Waals surface area contributed by atoms with Gasteiger partial charge in [-0.25, -0.2) is 4.98 Å². The summed E-state index contributed by atoms with van der Waals surface area (Å²) < 4.78 is 24.3. The Morgan fingerprint density at radius 3 is 2.64 bits per heavy atom. The number of aldehydes is 1. The zero-order valence-electron chi connectivity index (χ0n) is 19.4. The molecule has 3 heterocycles. The van der Waals surface area contributed by atoms with Crippen LogP contribution in [0.4, 0.5) is 0 Å². The Hall–Kier alpha value is -4.30. The van der Waals surface area contributed by atoms with Gasteiger partial charge in [0, 0.05) is 6.20 Å². The first kappa shape index (κ1) is 23.4. The summed E-state index contributed by atoms with van der Waals surface area (Å²) in [6.07, 6.45) is 3.96. The fourth-order valence-electron chi connectivity index (χ4n) is 3.58. The van der Waals surface area contributed by atoms with E-state index >= 15 is 0 Å². The Balaban J connectivity index is 1.21. The Labute approximate surface area is 212 Å². The topological polar surface area (TPSA) is 92.5 Å². The number of aryl methyl sites for hydroxylation is 1. The van der Waals surface area contributed by atoms with Crippen LogP contribution in [0, 0.1) is 6.92 Å². The van der Waals surface area contributed by atoms with Crippen LogP contribution in [-0.2, 0) is 19.8 Å². The lowest BCUT2D eigenvalue weighted by atomic mass is 10.2. The SMILES string of the molecule is Cc1oc(-c2ccco2)nc1COc1ccc(COc2nn(Cc3ccccc3)cc2C=O)cc1Cl. The Morgan fingerprint density at radius 1 is 1.03 bits per heavy atom. The van der Waals surface area contributed by atoms with Crippen molar-refractivity contribution in [2.45, 2.75) is 26.7 Å². The lowest BCUT2D eigenvalue weighted by Gasteiger charge is -2.09.